The van der Waals surface area contributed by atoms with E-state index in [0.717, 1.165) is 77.5 Å². The number of aromatic amines is 2. The summed E-state index contributed by atoms with van der Waals surface area (Å²) < 4.78 is 56.3. The van der Waals surface area contributed by atoms with Crippen molar-refractivity contribution in [3.05, 3.63) is 60.0 Å². The first-order valence-electron chi connectivity index (χ1n) is 17.0. The number of pyridine rings is 2. The van der Waals surface area contributed by atoms with E-state index in [1.54, 1.807) is 29.6 Å². The zero-order chi connectivity index (χ0) is 36.3. The fourth-order valence-corrected chi connectivity index (χ4v) is 8.13. The van der Waals surface area contributed by atoms with E-state index in [9.17, 15) is 26.9 Å². The van der Waals surface area contributed by atoms with Crippen LogP contribution in [0, 0.1) is 11.8 Å². The van der Waals surface area contributed by atoms with Crippen LogP contribution in [0.4, 0.5) is 0 Å². The molecule has 0 unspecified atom stereocenters. The molecular formula is C32H42B2BrClN6O8S2. The molecule has 2 fully saturated rings. The van der Waals surface area contributed by atoms with E-state index in [1.165, 1.54) is 12.5 Å². The monoisotopic (exact) mass is 838 g/mol. The van der Waals surface area contributed by atoms with E-state index in [1.807, 2.05) is 30.5 Å². The van der Waals surface area contributed by atoms with Crippen molar-refractivity contribution in [3.63, 3.8) is 0 Å². The third kappa shape index (κ3) is 9.06. The van der Waals surface area contributed by atoms with Crippen molar-refractivity contribution in [2.45, 2.75) is 39.5 Å². The molecule has 280 valence electrons. The molecule has 8 rings (SSSR count). The Morgan fingerprint density at radius 1 is 0.808 bits per heavy atom. The molecule has 0 spiro atoms. The normalized spacial score (nSPS) is 18.3. The summed E-state index contributed by atoms with van der Waals surface area (Å²) in [6.07, 6.45) is 10.7. The number of aromatic nitrogens is 4. The van der Waals surface area contributed by atoms with Gasteiger partial charge >= 0.3 is 14.2 Å². The minimum absolute atomic E-state index is 0. The number of allylic oxidation sites excluding steroid dienone is 2. The smallest absolute Gasteiger partial charge is 0.531 e. The molecule has 8 heterocycles. The molecule has 14 nitrogen and oxygen atoms in total. The van der Waals surface area contributed by atoms with Crippen LogP contribution in [0.2, 0.25) is 0 Å². The zero-order valence-corrected chi connectivity index (χ0v) is 32.9. The number of hydrogen-bond donors (Lipinski definition) is 5. The third-order valence-corrected chi connectivity index (χ3v) is 12.8. The van der Waals surface area contributed by atoms with Crippen LogP contribution in [0.1, 0.15) is 50.7 Å². The van der Waals surface area contributed by atoms with E-state index in [4.69, 9.17) is 9.31 Å². The van der Waals surface area contributed by atoms with Crippen LogP contribution < -0.4 is 14.6 Å². The molecule has 52 heavy (non-hydrogen) atoms. The first-order valence-corrected chi connectivity index (χ1v) is 21.1. The lowest BCUT2D eigenvalue weighted by Crippen LogP contribution is -2.40. The van der Waals surface area contributed by atoms with Gasteiger partial charge in [0.1, 0.15) is 22.8 Å². The van der Waals surface area contributed by atoms with Crippen molar-refractivity contribution in [3.8, 4) is 11.5 Å². The lowest BCUT2D eigenvalue weighted by Gasteiger charge is -2.34. The van der Waals surface area contributed by atoms with E-state index in [-0.39, 0.29) is 34.4 Å². The third-order valence-electron chi connectivity index (χ3n) is 9.60. The van der Waals surface area contributed by atoms with Crippen molar-refractivity contribution >= 4 is 94.2 Å². The highest BCUT2D eigenvalue weighted by Crippen LogP contribution is 2.43. The van der Waals surface area contributed by atoms with Gasteiger partial charge in [-0.2, -0.15) is 0 Å². The van der Waals surface area contributed by atoms with Crippen LogP contribution in [0.3, 0.4) is 0 Å². The van der Waals surface area contributed by atoms with Crippen molar-refractivity contribution in [1.82, 2.24) is 29.6 Å². The predicted octanol–water partition coefficient (Wildman–Crippen LogP) is 3.93. The van der Waals surface area contributed by atoms with Crippen molar-refractivity contribution in [1.29, 1.82) is 0 Å². The van der Waals surface area contributed by atoms with Gasteiger partial charge in [-0.05, 0) is 92.8 Å². The Hall–Kier alpha value is -2.90. The van der Waals surface area contributed by atoms with Crippen LogP contribution >= 0.6 is 27.7 Å². The molecule has 0 saturated carbocycles. The Morgan fingerprint density at radius 3 is 1.67 bits per heavy atom. The average molecular weight is 840 g/mol. The lowest BCUT2D eigenvalue weighted by atomic mass is 9.74. The molecular weight excluding hydrogens is 798 g/mol. The van der Waals surface area contributed by atoms with Gasteiger partial charge in [-0.3, -0.25) is 0 Å². The van der Waals surface area contributed by atoms with Crippen molar-refractivity contribution in [2.24, 2.45) is 11.8 Å². The maximum atomic E-state index is 12.1. The first-order chi connectivity index (χ1) is 24.4. The SMILES string of the molecule is Br.CCS(=O)(=O)Cl.CCS(=O)(=O)N1CCC(C2=CB(O)Oc3cnc4[nH]ccc4c32)CC1.OB1C=C(C2CCNCC2)c2c(cnc3[nH]ccc23)O1. The van der Waals surface area contributed by atoms with Crippen LogP contribution in [-0.4, -0.2) is 103 Å². The standard InChI is InChI=1S/C16H20BN3O4S.C14H16BN3O2.C2H5ClO2S.BrH/c1-2-25(22,23)20-7-4-11(5-8-20)13-9-17(21)24-14-10-19-16-12(15(13)14)3-6-18-16;19-15-7-11(9-1-4-16-5-2-9)13-10-3-6-17-14(10)18-8-12(13)20-15;1-2-6(3,4)5;/h3,6,9-11,21H,2,4-5,7-8H2,1H3,(H,18,19);3,6-9,16,19H,1-2,4-5H2,(H,17,18);2H2,1H3;1H. The molecule has 0 aliphatic carbocycles. The molecule has 0 aromatic carbocycles. The van der Waals surface area contributed by atoms with E-state index >= 15 is 0 Å². The number of fused-ring (bicyclic) bond motifs is 6. The summed E-state index contributed by atoms with van der Waals surface area (Å²) in [4.78, 5) is 14.9. The number of nitrogens with zero attached hydrogens (tertiary/aromatic N) is 3. The molecule has 2 saturated heterocycles. The topological polar surface area (TPSA) is 200 Å². The molecule has 5 N–H and O–H groups in total. The molecule has 0 radical (unpaired) electrons. The molecule has 0 amide bonds. The molecule has 0 bridgehead atoms. The van der Waals surface area contributed by atoms with Gasteiger partial charge in [0.2, 0.25) is 19.1 Å². The highest BCUT2D eigenvalue weighted by atomic mass is 79.9. The van der Waals surface area contributed by atoms with Crippen molar-refractivity contribution < 1.29 is 36.2 Å². The minimum atomic E-state index is -3.19. The predicted molar refractivity (Wildman–Crippen MR) is 210 cm³/mol. The summed E-state index contributed by atoms with van der Waals surface area (Å²) in [5.74, 6) is 5.63. The lowest BCUT2D eigenvalue weighted by molar-refractivity contribution is 0.310. The highest BCUT2D eigenvalue weighted by molar-refractivity contribution is 8.93. The Balaban J connectivity index is 0.000000174. The number of H-pyrrole nitrogens is 2. The van der Waals surface area contributed by atoms with E-state index in [0.29, 0.717) is 30.5 Å². The van der Waals surface area contributed by atoms with Gasteiger partial charge in [0.15, 0.2) is 0 Å². The Morgan fingerprint density at radius 2 is 1.25 bits per heavy atom. The zero-order valence-electron chi connectivity index (χ0n) is 28.8. The van der Waals surface area contributed by atoms with Crippen LogP contribution in [0.25, 0.3) is 33.2 Å². The number of sulfonamides is 1. The first kappa shape index (κ1) is 40.3. The minimum Gasteiger partial charge on any atom is -0.531 e. The van der Waals surface area contributed by atoms with E-state index in [2.05, 4.69) is 35.9 Å². The summed E-state index contributed by atoms with van der Waals surface area (Å²) in [5, 5.41) is 25.4. The van der Waals surface area contributed by atoms with E-state index < -0.39 is 33.3 Å². The summed E-state index contributed by atoms with van der Waals surface area (Å²) >= 11 is 0. The van der Waals surface area contributed by atoms with Crippen LogP contribution in [0.5, 0.6) is 11.5 Å². The fourth-order valence-electron chi connectivity index (χ4n) is 7.00. The maximum Gasteiger partial charge on any atom is 0.552 e. The van der Waals surface area contributed by atoms with Crippen LogP contribution in [-0.2, 0) is 19.1 Å². The van der Waals surface area contributed by atoms with Gasteiger partial charge in [0, 0.05) is 58.1 Å². The second-order valence-corrected chi connectivity index (χ2v) is 18.0. The summed E-state index contributed by atoms with van der Waals surface area (Å²) in [6.45, 7) is 6.22. The molecule has 4 aromatic rings. The molecule has 4 aliphatic rings. The largest absolute Gasteiger partial charge is 0.552 e. The van der Waals surface area contributed by atoms with Gasteiger partial charge in [-0.15, -0.1) is 17.0 Å². The molecule has 0 atom stereocenters. The van der Waals surface area contributed by atoms with Gasteiger partial charge in [-0.1, -0.05) is 6.92 Å². The average Bonchev–Trinajstić information content (AvgIpc) is 3.82. The van der Waals surface area contributed by atoms with Crippen molar-refractivity contribution in [2.75, 3.05) is 37.7 Å². The molecule has 4 aliphatic heterocycles. The quantitative estimate of drug-likeness (QED) is 0.144. The Bertz CT molecular complexity index is 2150. The highest BCUT2D eigenvalue weighted by Gasteiger charge is 2.35. The second-order valence-electron chi connectivity index (χ2n) is 12.7. The summed E-state index contributed by atoms with van der Waals surface area (Å²) in [7, 11) is -3.52. The van der Waals surface area contributed by atoms with Gasteiger partial charge in [-0.25, -0.2) is 31.1 Å². The Kier molecular flexibility index (Phi) is 13.2. The number of nitrogens with one attached hydrogen (secondary N) is 3. The molecule has 4 aromatic heterocycles. The number of piperidine rings is 2. The Labute approximate surface area is 319 Å². The van der Waals surface area contributed by atoms with Gasteiger partial charge < -0.3 is 34.6 Å². The van der Waals surface area contributed by atoms with Gasteiger partial charge in [0.05, 0.1) is 23.9 Å². The van der Waals surface area contributed by atoms with Crippen LogP contribution in [0.15, 0.2) is 48.9 Å². The molecule has 20 heteroatoms. The maximum absolute atomic E-state index is 12.1. The van der Waals surface area contributed by atoms with Gasteiger partial charge in [0.25, 0.3) is 0 Å². The fraction of sp³-hybridized carbons (Fsp3) is 0.438. The number of halogens is 2. The summed E-state index contributed by atoms with van der Waals surface area (Å²) in [6, 6.07) is 3.98. The second kappa shape index (κ2) is 17.1. The number of rotatable bonds is 5. The number of hydrogen-bond acceptors (Lipinski definition) is 11. The summed E-state index contributed by atoms with van der Waals surface area (Å²) in [5.41, 5.74) is 5.91.